The third-order valence-corrected chi connectivity index (χ3v) is 3.95. The van der Waals surface area contributed by atoms with Crippen LogP contribution in [0.5, 0.6) is 0 Å². The Balaban J connectivity index is 2.03. The van der Waals surface area contributed by atoms with E-state index < -0.39 is 11.6 Å². The first-order chi connectivity index (χ1) is 11.7. The molecule has 4 rings (SSSR count). The number of aromatic nitrogens is 2. The number of imidazole rings is 1. The second-order valence-electron chi connectivity index (χ2n) is 5.36. The summed E-state index contributed by atoms with van der Waals surface area (Å²) in [5.41, 5.74) is 1.92. The number of carbonyl (C=O) groups is 1. The number of fused-ring (bicyclic) bond motifs is 3. The van der Waals surface area contributed by atoms with Crippen molar-refractivity contribution in [3.63, 3.8) is 0 Å². The fraction of sp³-hybridized carbons (Fsp3) is 0.0556. The minimum Gasteiger partial charge on any atom is -0.296 e. The van der Waals surface area contributed by atoms with Crippen LogP contribution >= 0.6 is 0 Å². The summed E-state index contributed by atoms with van der Waals surface area (Å²) in [5.74, 6) is -0.369. The molecule has 0 unspecified atom stereocenters. The number of nitrogens with zero attached hydrogens (tertiary/aromatic N) is 3. The van der Waals surface area contributed by atoms with E-state index in [1.165, 1.54) is 24.4 Å². The minimum atomic E-state index is -0.464. The predicted octanol–water partition coefficient (Wildman–Crippen LogP) is 3.31. The first kappa shape index (κ1) is 14.4. The maximum absolute atomic E-state index is 14.2. The van der Waals surface area contributed by atoms with Gasteiger partial charge < -0.3 is 0 Å². The van der Waals surface area contributed by atoms with Crippen molar-refractivity contribution in [3.8, 4) is 5.69 Å². The van der Waals surface area contributed by atoms with Gasteiger partial charge in [0.15, 0.2) is 6.29 Å². The van der Waals surface area contributed by atoms with Gasteiger partial charge in [-0.15, -0.1) is 0 Å². The fourth-order valence-corrected chi connectivity index (χ4v) is 2.89. The molecular weight excluding hydrogens is 312 g/mol. The van der Waals surface area contributed by atoms with Crippen LogP contribution < -0.4 is 0 Å². The zero-order valence-electron chi connectivity index (χ0n) is 12.4. The molecule has 0 saturated carbocycles. The number of rotatable bonds is 2. The van der Waals surface area contributed by atoms with Gasteiger partial charge >= 0.3 is 0 Å². The second kappa shape index (κ2) is 5.49. The normalized spacial score (nSPS) is 12.8. The Bertz CT molecular complexity index is 992. The topological polar surface area (TPSA) is 47.2 Å². The quantitative estimate of drug-likeness (QED) is 0.679. The molecule has 24 heavy (non-hydrogen) atoms. The minimum absolute atomic E-state index is 0.161. The van der Waals surface area contributed by atoms with Crippen LogP contribution in [0.2, 0.25) is 0 Å². The van der Waals surface area contributed by atoms with Crippen LogP contribution in [-0.2, 0) is 6.54 Å². The molecule has 2 aromatic carbocycles. The molecule has 0 radical (unpaired) electrons. The van der Waals surface area contributed by atoms with Gasteiger partial charge in [-0.3, -0.25) is 14.4 Å². The summed E-state index contributed by atoms with van der Waals surface area (Å²) in [6, 6.07) is 10.3. The number of aliphatic imine (C=N–C) groups is 1. The van der Waals surface area contributed by atoms with Crippen LogP contribution in [0.3, 0.4) is 0 Å². The molecule has 6 heteroatoms. The van der Waals surface area contributed by atoms with Crippen LogP contribution in [0.25, 0.3) is 5.69 Å². The Morgan fingerprint density at radius 2 is 1.92 bits per heavy atom. The summed E-state index contributed by atoms with van der Waals surface area (Å²) in [6.45, 7) is 0.161. The van der Waals surface area contributed by atoms with Crippen LogP contribution in [0.1, 0.15) is 27.4 Å². The highest BCUT2D eigenvalue weighted by atomic mass is 19.1. The largest absolute Gasteiger partial charge is 0.296 e. The molecule has 0 spiro atoms. The molecule has 0 bridgehead atoms. The SMILES string of the molecule is O=Cc1cnc2n1-c1ccc(F)cc1C(c1ccccc1F)=NC2. The summed E-state index contributed by atoms with van der Waals surface area (Å²) in [4.78, 5) is 19.9. The first-order valence-corrected chi connectivity index (χ1v) is 7.30. The van der Waals surface area contributed by atoms with E-state index in [2.05, 4.69) is 9.98 Å². The van der Waals surface area contributed by atoms with E-state index in [9.17, 15) is 13.6 Å². The van der Waals surface area contributed by atoms with Gasteiger partial charge in [0.05, 0.1) is 24.1 Å². The van der Waals surface area contributed by atoms with Gasteiger partial charge in [-0.05, 0) is 30.3 Å². The van der Waals surface area contributed by atoms with Gasteiger partial charge in [0, 0.05) is 11.1 Å². The lowest BCUT2D eigenvalue weighted by molar-refractivity contribution is 0.111. The number of hydrogen-bond donors (Lipinski definition) is 0. The van der Waals surface area contributed by atoms with Crippen molar-refractivity contribution in [1.29, 1.82) is 0 Å². The Morgan fingerprint density at radius 1 is 1.08 bits per heavy atom. The Morgan fingerprint density at radius 3 is 2.71 bits per heavy atom. The standard InChI is InChI=1S/C18H11F2N3O/c19-11-5-6-16-14(7-11)18(13-3-1-2-4-15(13)20)22-9-17-21-8-12(10-24)23(16)17/h1-8,10H,9H2. The zero-order valence-corrected chi connectivity index (χ0v) is 12.4. The molecule has 0 aliphatic carbocycles. The molecule has 4 nitrogen and oxygen atoms in total. The highest BCUT2D eigenvalue weighted by Crippen LogP contribution is 2.27. The molecule has 0 atom stereocenters. The van der Waals surface area contributed by atoms with Gasteiger partial charge in [-0.2, -0.15) is 0 Å². The fourth-order valence-electron chi connectivity index (χ4n) is 2.89. The van der Waals surface area contributed by atoms with Gasteiger partial charge in [0.25, 0.3) is 0 Å². The maximum atomic E-state index is 14.2. The van der Waals surface area contributed by atoms with Crippen molar-refractivity contribution in [3.05, 3.63) is 82.9 Å². The molecule has 3 aromatic rings. The first-order valence-electron chi connectivity index (χ1n) is 7.30. The highest BCUT2D eigenvalue weighted by Gasteiger charge is 2.23. The summed E-state index contributed by atoms with van der Waals surface area (Å²) in [5, 5.41) is 0. The molecule has 1 aliphatic heterocycles. The maximum Gasteiger partial charge on any atom is 0.168 e. The van der Waals surface area contributed by atoms with Crippen LogP contribution in [0.15, 0.2) is 53.7 Å². The van der Waals surface area contributed by atoms with E-state index in [1.54, 1.807) is 28.8 Å². The summed E-state index contributed by atoms with van der Waals surface area (Å²) >= 11 is 0. The number of carbonyl (C=O) groups excluding carboxylic acids is 1. The van der Waals surface area contributed by atoms with Crippen LogP contribution in [0.4, 0.5) is 8.78 Å². The molecule has 0 amide bonds. The molecule has 0 saturated heterocycles. The van der Waals surface area contributed by atoms with E-state index in [-0.39, 0.29) is 12.1 Å². The van der Waals surface area contributed by atoms with Gasteiger partial charge in [-0.25, -0.2) is 13.8 Å². The molecule has 1 aromatic heterocycles. The number of halogens is 2. The molecular formula is C18H11F2N3O. The molecule has 118 valence electrons. The van der Waals surface area contributed by atoms with Crippen LogP contribution in [-0.4, -0.2) is 21.5 Å². The Kier molecular flexibility index (Phi) is 3.30. The number of benzene rings is 2. The van der Waals surface area contributed by atoms with E-state index in [0.717, 1.165) is 0 Å². The third-order valence-electron chi connectivity index (χ3n) is 3.95. The summed E-state index contributed by atoms with van der Waals surface area (Å²) in [6.07, 6.45) is 2.12. The predicted molar refractivity (Wildman–Crippen MR) is 84.7 cm³/mol. The number of hydrogen-bond acceptors (Lipinski definition) is 3. The van der Waals surface area contributed by atoms with Crippen molar-refractivity contribution >= 4 is 12.0 Å². The Hall–Kier alpha value is -3.15. The van der Waals surface area contributed by atoms with Crippen LogP contribution in [0, 0.1) is 11.6 Å². The lowest BCUT2D eigenvalue weighted by atomic mass is 9.99. The van der Waals surface area contributed by atoms with Gasteiger partial charge in [-0.1, -0.05) is 12.1 Å². The molecule has 2 heterocycles. The van der Waals surface area contributed by atoms with Crippen molar-refractivity contribution in [2.75, 3.05) is 0 Å². The number of aldehydes is 1. The van der Waals surface area contributed by atoms with E-state index >= 15 is 0 Å². The molecule has 0 N–H and O–H groups in total. The molecule has 0 fully saturated rings. The summed E-state index contributed by atoms with van der Waals surface area (Å²) < 4.78 is 29.7. The van der Waals surface area contributed by atoms with Gasteiger partial charge in [0.2, 0.25) is 0 Å². The van der Waals surface area contributed by atoms with E-state index in [0.29, 0.717) is 34.8 Å². The van der Waals surface area contributed by atoms with E-state index in [1.807, 2.05) is 0 Å². The van der Waals surface area contributed by atoms with Crippen molar-refractivity contribution < 1.29 is 13.6 Å². The second-order valence-corrected chi connectivity index (χ2v) is 5.36. The third kappa shape index (κ3) is 2.15. The van der Waals surface area contributed by atoms with Crippen molar-refractivity contribution in [1.82, 2.24) is 9.55 Å². The average Bonchev–Trinajstić information content (AvgIpc) is 2.93. The van der Waals surface area contributed by atoms with Crippen molar-refractivity contribution in [2.24, 2.45) is 4.99 Å². The lowest BCUT2D eigenvalue weighted by Gasteiger charge is -2.13. The Labute approximate surface area is 136 Å². The molecule has 1 aliphatic rings. The smallest absolute Gasteiger partial charge is 0.168 e. The lowest BCUT2D eigenvalue weighted by Crippen LogP contribution is -2.10. The van der Waals surface area contributed by atoms with E-state index in [4.69, 9.17) is 0 Å². The highest BCUT2D eigenvalue weighted by molar-refractivity contribution is 6.15. The van der Waals surface area contributed by atoms with Gasteiger partial charge in [0.1, 0.15) is 23.2 Å². The average molecular weight is 323 g/mol. The monoisotopic (exact) mass is 323 g/mol. The van der Waals surface area contributed by atoms with Crippen molar-refractivity contribution in [2.45, 2.75) is 6.54 Å². The summed E-state index contributed by atoms with van der Waals surface area (Å²) in [7, 11) is 0. The zero-order chi connectivity index (χ0) is 16.7.